The van der Waals surface area contributed by atoms with Gasteiger partial charge < -0.3 is 10.8 Å². The Hall–Kier alpha value is -2.39. The van der Waals surface area contributed by atoms with Crippen molar-refractivity contribution in [3.8, 4) is 5.75 Å². The van der Waals surface area contributed by atoms with Crippen molar-refractivity contribution in [1.82, 2.24) is 4.98 Å². The fourth-order valence-electron chi connectivity index (χ4n) is 2.40. The minimum atomic E-state index is -0.233. The third kappa shape index (κ3) is 2.12. The van der Waals surface area contributed by atoms with Gasteiger partial charge in [-0.15, -0.1) is 0 Å². The van der Waals surface area contributed by atoms with Crippen LogP contribution in [0.3, 0.4) is 0 Å². The molecule has 0 aliphatic carbocycles. The molecule has 1 aromatic heterocycles. The minimum absolute atomic E-state index is 0.181. The maximum absolute atomic E-state index is 9.88. The van der Waals surface area contributed by atoms with Crippen molar-refractivity contribution >= 4 is 10.9 Å². The predicted octanol–water partition coefficient (Wildman–Crippen LogP) is 3.30. The molecule has 0 saturated carbocycles. The summed E-state index contributed by atoms with van der Waals surface area (Å²) in [5.74, 6) is 0.181. The maximum atomic E-state index is 9.88. The van der Waals surface area contributed by atoms with E-state index in [0.717, 1.165) is 16.5 Å². The monoisotopic (exact) mass is 264 g/mol. The Kier molecular flexibility index (Phi) is 3.12. The van der Waals surface area contributed by atoms with Gasteiger partial charge >= 0.3 is 0 Å². The van der Waals surface area contributed by atoms with Gasteiger partial charge in [0.05, 0.1) is 6.04 Å². The summed E-state index contributed by atoms with van der Waals surface area (Å²) < 4.78 is 0. The molecule has 100 valence electrons. The lowest BCUT2D eigenvalue weighted by Gasteiger charge is -2.15. The Balaban J connectivity index is 2.14. The summed E-state index contributed by atoms with van der Waals surface area (Å²) in [4.78, 5) is 4.23. The molecule has 0 bridgehead atoms. The van der Waals surface area contributed by atoms with Crippen LogP contribution in [0.15, 0.2) is 54.7 Å². The number of rotatable bonds is 2. The zero-order chi connectivity index (χ0) is 14.1. The summed E-state index contributed by atoms with van der Waals surface area (Å²) >= 11 is 0. The molecule has 1 unspecified atom stereocenters. The summed E-state index contributed by atoms with van der Waals surface area (Å²) in [6, 6.07) is 15.3. The molecule has 2 aromatic carbocycles. The van der Waals surface area contributed by atoms with E-state index < -0.39 is 0 Å². The van der Waals surface area contributed by atoms with E-state index in [9.17, 15) is 5.11 Å². The molecule has 1 atom stereocenters. The maximum Gasteiger partial charge on any atom is 0.141 e. The van der Waals surface area contributed by atoms with Crippen LogP contribution in [0.1, 0.15) is 22.7 Å². The van der Waals surface area contributed by atoms with Gasteiger partial charge in [0.15, 0.2) is 0 Å². The molecule has 0 aliphatic rings. The van der Waals surface area contributed by atoms with Crippen molar-refractivity contribution in [1.29, 1.82) is 0 Å². The molecule has 3 aromatic rings. The molecule has 20 heavy (non-hydrogen) atoms. The van der Waals surface area contributed by atoms with E-state index in [4.69, 9.17) is 5.73 Å². The first-order chi connectivity index (χ1) is 9.66. The highest BCUT2D eigenvalue weighted by Gasteiger charge is 2.14. The number of benzene rings is 2. The molecule has 0 radical (unpaired) electrons. The lowest BCUT2D eigenvalue weighted by Crippen LogP contribution is -2.12. The number of phenols is 1. The summed E-state index contributed by atoms with van der Waals surface area (Å²) in [5.41, 5.74) is 10.2. The van der Waals surface area contributed by atoms with Gasteiger partial charge in [-0.25, -0.2) is 0 Å². The summed E-state index contributed by atoms with van der Waals surface area (Å²) in [5, 5.41) is 10.8. The number of hydrogen-bond donors (Lipinski definition) is 2. The number of fused-ring (bicyclic) bond motifs is 1. The number of aryl methyl sites for hydroxylation is 1. The number of nitrogens with two attached hydrogens (primary N) is 1. The average Bonchev–Trinajstić information content (AvgIpc) is 2.48. The van der Waals surface area contributed by atoms with Gasteiger partial charge in [0.1, 0.15) is 11.3 Å². The molecular formula is C17H16N2O. The Morgan fingerprint density at radius 3 is 2.55 bits per heavy atom. The Labute approximate surface area is 117 Å². The lowest BCUT2D eigenvalue weighted by atomic mass is 9.95. The fourth-order valence-corrected chi connectivity index (χ4v) is 2.40. The van der Waals surface area contributed by atoms with Gasteiger partial charge in [0.25, 0.3) is 0 Å². The Morgan fingerprint density at radius 2 is 1.80 bits per heavy atom. The largest absolute Gasteiger partial charge is 0.506 e. The molecule has 3 heteroatoms. The molecule has 0 fully saturated rings. The second-order valence-electron chi connectivity index (χ2n) is 4.96. The number of pyridine rings is 1. The van der Waals surface area contributed by atoms with Gasteiger partial charge in [0.2, 0.25) is 0 Å². The zero-order valence-electron chi connectivity index (χ0n) is 11.2. The molecule has 3 N–H and O–H groups in total. The first-order valence-corrected chi connectivity index (χ1v) is 6.55. The zero-order valence-corrected chi connectivity index (χ0v) is 11.2. The highest BCUT2D eigenvalue weighted by Crippen LogP contribution is 2.31. The van der Waals surface area contributed by atoms with E-state index in [1.807, 2.05) is 30.3 Å². The summed E-state index contributed by atoms with van der Waals surface area (Å²) in [6.07, 6.45) is 1.67. The molecule has 3 rings (SSSR count). The van der Waals surface area contributed by atoms with Crippen LogP contribution < -0.4 is 5.73 Å². The number of aromatic nitrogens is 1. The van der Waals surface area contributed by atoms with Crippen LogP contribution in [0.4, 0.5) is 0 Å². The third-order valence-electron chi connectivity index (χ3n) is 3.55. The quantitative estimate of drug-likeness (QED) is 0.746. The normalized spacial score (nSPS) is 12.5. The highest BCUT2D eigenvalue weighted by molar-refractivity contribution is 5.87. The Bertz CT molecular complexity index is 751. The average molecular weight is 264 g/mol. The van der Waals surface area contributed by atoms with E-state index in [1.54, 1.807) is 12.3 Å². The van der Waals surface area contributed by atoms with Gasteiger partial charge in [-0.1, -0.05) is 42.0 Å². The van der Waals surface area contributed by atoms with Crippen LogP contribution in [0.25, 0.3) is 10.9 Å². The minimum Gasteiger partial charge on any atom is -0.506 e. The molecule has 3 nitrogen and oxygen atoms in total. The van der Waals surface area contributed by atoms with E-state index in [1.165, 1.54) is 5.56 Å². The molecule has 0 amide bonds. The third-order valence-corrected chi connectivity index (χ3v) is 3.55. The highest BCUT2D eigenvalue weighted by atomic mass is 16.3. The van der Waals surface area contributed by atoms with E-state index >= 15 is 0 Å². The molecule has 1 heterocycles. The van der Waals surface area contributed by atoms with Gasteiger partial charge in [-0.05, 0) is 30.2 Å². The first kappa shape index (κ1) is 12.6. The molecular weight excluding hydrogens is 248 g/mol. The van der Waals surface area contributed by atoms with Crippen LogP contribution in [-0.4, -0.2) is 10.1 Å². The van der Waals surface area contributed by atoms with Crippen molar-refractivity contribution in [2.45, 2.75) is 13.0 Å². The van der Waals surface area contributed by atoms with E-state index in [2.05, 4.69) is 24.0 Å². The summed E-state index contributed by atoms with van der Waals surface area (Å²) in [7, 11) is 0. The Morgan fingerprint density at radius 1 is 1.05 bits per heavy atom. The SMILES string of the molecule is Cc1ccc(C(N)c2ccc(O)c3ncccc23)cc1. The van der Waals surface area contributed by atoms with Gasteiger partial charge in [-0.2, -0.15) is 0 Å². The second kappa shape index (κ2) is 4.94. The van der Waals surface area contributed by atoms with E-state index in [-0.39, 0.29) is 11.8 Å². The number of aromatic hydroxyl groups is 1. The van der Waals surface area contributed by atoms with Crippen LogP contribution in [0.2, 0.25) is 0 Å². The molecule has 0 aliphatic heterocycles. The van der Waals surface area contributed by atoms with Crippen molar-refractivity contribution in [2.24, 2.45) is 5.73 Å². The number of hydrogen-bond acceptors (Lipinski definition) is 3. The fraction of sp³-hybridized carbons (Fsp3) is 0.118. The van der Waals surface area contributed by atoms with Gasteiger partial charge in [-0.3, -0.25) is 4.98 Å². The van der Waals surface area contributed by atoms with Crippen LogP contribution >= 0.6 is 0 Å². The lowest BCUT2D eigenvalue weighted by molar-refractivity contribution is 0.480. The van der Waals surface area contributed by atoms with E-state index in [0.29, 0.717) is 5.52 Å². The van der Waals surface area contributed by atoms with Crippen molar-refractivity contribution in [3.05, 3.63) is 71.4 Å². The van der Waals surface area contributed by atoms with Crippen LogP contribution in [-0.2, 0) is 0 Å². The van der Waals surface area contributed by atoms with Crippen molar-refractivity contribution in [2.75, 3.05) is 0 Å². The second-order valence-corrected chi connectivity index (χ2v) is 4.96. The number of phenolic OH excluding ortho intramolecular Hbond substituents is 1. The predicted molar refractivity (Wildman–Crippen MR) is 80.6 cm³/mol. The summed E-state index contributed by atoms with van der Waals surface area (Å²) in [6.45, 7) is 2.05. The molecule has 0 spiro atoms. The van der Waals surface area contributed by atoms with Crippen LogP contribution in [0, 0.1) is 6.92 Å². The standard InChI is InChI=1S/C17H16N2O/c1-11-4-6-12(7-5-11)16(18)13-8-9-15(20)17-14(13)3-2-10-19-17/h2-10,16,20H,18H2,1H3. The molecule has 0 saturated heterocycles. The van der Waals surface area contributed by atoms with Crippen molar-refractivity contribution < 1.29 is 5.11 Å². The van der Waals surface area contributed by atoms with Gasteiger partial charge in [0, 0.05) is 11.6 Å². The first-order valence-electron chi connectivity index (χ1n) is 6.55. The van der Waals surface area contributed by atoms with Crippen LogP contribution in [0.5, 0.6) is 5.75 Å². The number of nitrogens with zero attached hydrogens (tertiary/aromatic N) is 1. The van der Waals surface area contributed by atoms with Crippen molar-refractivity contribution in [3.63, 3.8) is 0 Å². The smallest absolute Gasteiger partial charge is 0.141 e. The topological polar surface area (TPSA) is 59.1 Å².